The molecule has 1 N–H and O–H groups in total. The number of rotatable bonds is 8. The molecule has 8 heteroatoms. The highest BCUT2D eigenvalue weighted by molar-refractivity contribution is 9.10. The van der Waals surface area contributed by atoms with E-state index in [9.17, 15) is 8.78 Å². The number of nitrogens with one attached hydrogen (secondary N) is 1. The molecule has 0 saturated heterocycles. The van der Waals surface area contributed by atoms with E-state index in [0.29, 0.717) is 6.07 Å². The van der Waals surface area contributed by atoms with Crippen LogP contribution in [0.25, 0.3) is 0 Å². The highest BCUT2D eigenvalue weighted by atomic mass is 79.9. The average Bonchev–Trinajstić information content (AvgIpc) is 2.53. The van der Waals surface area contributed by atoms with Crippen LogP contribution in [0.4, 0.5) is 17.6 Å². The Bertz CT molecular complexity index is 691. The van der Waals surface area contributed by atoms with E-state index < -0.39 is 33.4 Å². The molecular weight excluding hydrogens is 446 g/mol. The highest BCUT2D eigenvalue weighted by Crippen LogP contribution is 2.49. The Balaban J connectivity index is 3.60. The van der Waals surface area contributed by atoms with Gasteiger partial charge in [0.05, 0.1) is 11.1 Å². The molecule has 1 aromatic rings. The fraction of sp³-hybridized carbons (Fsp3) is 0.579. The van der Waals surface area contributed by atoms with Crippen LogP contribution in [0, 0.1) is 11.6 Å². The second-order valence-electron chi connectivity index (χ2n) is 7.87. The first-order valence-electron chi connectivity index (χ1n) is 8.32. The molecule has 0 aliphatic carbocycles. The Morgan fingerprint density at radius 1 is 1.11 bits per heavy atom. The van der Waals surface area contributed by atoms with E-state index in [-0.39, 0.29) is 16.6 Å². The molecule has 0 unspecified atom stereocenters. The van der Waals surface area contributed by atoms with Crippen molar-refractivity contribution in [2.24, 2.45) is 0 Å². The van der Waals surface area contributed by atoms with Crippen LogP contribution >= 0.6 is 27.9 Å². The first-order chi connectivity index (χ1) is 12.1. The van der Waals surface area contributed by atoms with Crippen LogP contribution in [0.5, 0.6) is 0 Å². The average molecular weight is 472 g/mol. The van der Waals surface area contributed by atoms with Crippen molar-refractivity contribution in [3.63, 3.8) is 0 Å². The summed E-state index contributed by atoms with van der Waals surface area (Å²) in [6.45, 7) is 12.5. The quantitative estimate of drug-likeness (QED) is 0.200. The number of hydrogen-bond donors (Lipinski definition) is 1. The van der Waals surface area contributed by atoms with E-state index >= 15 is 8.78 Å². The minimum Gasteiger partial charge on any atom is -0.365 e. The van der Waals surface area contributed by atoms with Gasteiger partial charge in [0.2, 0.25) is 0 Å². The van der Waals surface area contributed by atoms with Gasteiger partial charge in [0.15, 0.2) is 0 Å². The lowest BCUT2D eigenvalue weighted by Crippen LogP contribution is -2.63. The SMILES string of the molecule is C=CCOC(C)(C)C(F)(F)[C@](C)(NSC(C)(C)C)c1cc(Br)c(F)cc1F. The van der Waals surface area contributed by atoms with E-state index in [4.69, 9.17) is 4.74 Å². The number of benzene rings is 1. The molecule has 0 spiro atoms. The van der Waals surface area contributed by atoms with Gasteiger partial charge in [0.1, 0.15) is 22.8 Å². The fourth-order valence-corrected chi connectivity index (χ4v) is 3.50. The van der Waals surface area contributed by atoms with Crippen LogP contribution in [0.1, 0.15) is 47.1 Å². The smallest absolute Gasteiger partial charge is 0.298 e. The van der Waals surface area contributed by atoms with Crippen molar-refractivity contribution < 1.29 is 22.3 Å². The van der Waals surface area contributed by atoms with Crippen LogP contribution in [0.3, 0.4) is 0 Å². The highest BCUT2D eigenvalue weighted by Gasteiger charge is 2.62. The van der Waals surface area contributed by atoms with Gasteiger partial charge in [-0.05, 0) is 63.5 Å². The summed E-state index contributed by atoms with van der Waals surface area (Å²) in [6, 6.07) is 1.63. The Morgan fingerprint density at radius 2 is 1.67 bits per heavy atom. The molecular formula is C19H26BrF4NOS. The lowest BCUT2D eigenvalue weighted by molar-refractivity contribution is -0.224. The summed E-state index contributed by atoms with van der Waals surface area (Å²) in [4.78, 5) is 0. The van der Waals surface area contributed by atoms with Gasteiger partial charge >= 0.3 is 0 Å². The third-order valence-corrected chi connectivity index (χ3v) is 5.79. The summed E-state index contributed by atoms with van der Waals surface area (Å²) in [6.07, 6.45) is 1.36. The topological polar surface area (TPSA) is 21.3 Å². The van der Waals surface area contributed by atoms with E-state index in [2.05, 4.69) is 27.2 Å². The molecule has 0 heterocycles. The number of halogens is 5. The molecule has 1 rings (SSSR count). The zero-order chi connectivity index (χ0) is 21.3. The molecule has 2 nitrogen and oxygen atoms in total. The Labute approximate surface area is 171 Å². The van der Waals surface area contributed by atoms with Crippen molar-refractivity contribution in [1.82, 2.24) is 4.72 Å². The second kappa shape index (κ2) is 8.43. The molecule has 154 valence electrons. The molecule has 0 fully saturated rings. The van der Waals surface area contributed by atoms with Crippen molar-refractivity contribution in [1.29, 1.82) is 0 Å². The van der Waals surface area contributed by atoms with Gasteiger partial charge in [-0.3, -0.25) is 0 Å². The Hall–Kier alpha value is -0.570. The van der Waals surface area contributed by atoms with E-state index in [1.165, 1.54) is 26.8 Å². The van der Waals surface area contributed by atoms with Gasteiger partial charge in [-0.15, -0.1) is 6.58 Å². The monoisotopic (exact) mass is 471 g/mol. The second-order valence-corrected chi connectivity index (χ2v) is 10.4. The molecule has 0 saturated carbocycles. The number of hydrogen-bond acceptors (Lipinski definition) is 3. The Kier molecular flexibility index (Phi) is 7.64. The van der Waals surface area contributed by atoms with E-state index in [0.717, 1.165) is 18.0 Å². The van der Waals surface area contributed by atoms with Crippen molar-refractivity contribution in [2.75, 3.05) is 6.61 Å². The molecule has 0 radical (unpaired) electrons. The number of alkyl halides is 2. The maximum atomic E-state index is 15.7. The normalized spacial score (nSPS) is 15.5. The largest absolute Gasteiger partial charge is 0.365 e. The molecule has 0 aliphatic heterocycles. The van der Waals surface area contributed by atoms with Crippen LogP contribution < -0.4 is 4.72 Å². The van der Waals surface area contributed by atoms with Crippen molar-refractivity contribution >= 4 is 27.9 Å². The van der Waals surface area contributed by atoms with Crippen molar-refractivity contribution in [3.8, 4) is 0 Å². The summed E-state index contributed by atoms with van der Waals surface area (Å²) >= 11 is 4.00. The van der Waals surface area contributed by atoms with Crippen molar-refractivity contribution in [3.05, 3.63) is 46.5 Å². The van der Waals surface area contributed by atoms with Crippen LogP contribution in [0.2, 0.25) is 0 Å². The molecule has 0 amide bonds. The minimum atomic E-state index is -3.58. The first-order valence-corrected chi connectivity index (χ1v) is 9.93. The summed E-state index contributed by atoms with van der Waals surface area (Å²) in [5.74, 6) is -5.52. The van der Waals surface area contributed by atoms with Gasteiger partial charge < -0.3 is 4.74 Å². The molecule has 1 aromatic carbocycles. The predicted octanol–water partition coefficient (Wildman–Crippen LogP) is 6.60. The molecule has 1 atom stereocenters. The van der Waals surface area contributed by atoms with Crippen molar-refractivity contribution in [2.45, 2.75) is 63.4 Å². The van der Waals surface area contributed by atoms with Crippen LogP contribution in [-0.2, 0) is 10.3 Å². The van der Waals surface area contributed by atoms with E-state index in [1.807, 2.05) is 20.8 Å². The minimum absolute atomic E-state index is 0.0965. The summed E-state index contributed by atoms with van der Waals surface area (Å²) in [7, 11) is 0. The van der Waals surface area contributed by atoms with E-state index in [1.54, 1.807) is 0 Å². The van der Waals surface area contributed by atoms with Gasteiger partial charge in [0, 0.05) is 16.4 Å². The van der Waals surface area contributed by atoms with Gasteiger partial charge in [-0.1, -0.05) is 18.0 Å². The standard InChI is InChI=1S/C19H26BrF4NOS/c1-8-9-26-17(5,6)19(23,24)18(7,25-27-16(2,3)4)12-10-13(20)15(22)11-14(12)21/h8,10-11,25H,1,9H2,2-7H3/t18-/m1/s1. The Morgan fingerprint density at radius 3 is 2.15 bits per heavy atom. The summed E-state index contributed by atoms with van der Waals surface area (Å²) in [5, 5.41) is 0. The lowest BCUT2D eigenvalue weighted by atomic mass is 9.78. The zero-order valence-electron chi connectivity index (χ0n) is 16.4. The summed E-state index contributed by atoms with van der Waals surface area (Å²) in [5.41, 5.74) is -4.53. The predicted molar refractivity (Wildman–Crippen MR) is 107 cm³/mol. The number of ether oxygens (including phenoxy) is 1. The maximum absolute atomic E-state index is 15.7. The van der Waals surface area contributed by atoms with Crippen LogP contribution in [0.15, 0.2) is 29.3 Å². The fourth-order valence-electron chi connectivity index (χ4n) is 2.41. The zero-order valence-corrected chi connectivity index (χ0v) is 18.8. The third kappa shape index (κ3) is 5.28. The lowest BCUT2D eigenvalue weighted by Gasteiger charge is -2.47. The van der Waals surface area contributed by atoms with Gasteiger partial charge in [0.25, 0.3) is 5.92 Å². The molecule has 0 bridgehead atoms. The maximum Gasteiger partial charge on any atom is 0.298 e. The molecule has 0 aromatic heterocycles. The van der Waals surface area contributed by atoms with Gasteiger partial charge in [-0.25, -0.2) is 22.3 Å². The summed E-state index contributed by atoms with van der Waals surface area (Å²) < 4.78 is 67.3. The van der Waals surface area contributed by atoms with Gasteiger partial charge in [-0.2, -0.15) is 0 Å². The molecule has 27 heavy (non-hydrogen) atoms. The molecule has 0 aliphatic rings. The third-order valence-electron chi connectivity index (χ3n) is 4.06. The van der Waals surface area contributed by atoms with Crippen LogP contribution in [-0.4, -0.2) is 22.9 Å². The first kappa shape index (κ1) is 24.5.